The number of rotatable bonds is 5. The van der Waals surface area contributed by atoms with Crippen molar-refractivity contribution in [2.75, 3.05) is 40.3 Å². The zero-order valence-electron chi connectivity index (χ0n) is 14.4. The predicted octanol–water partition coefficient (Wildman–Crippen LogP) is -0.0421. The summed E-state index contributed by atoms with van der Waals surface area (Å²) >= 11 is 0. The van der Waals surface area contributed by atoms with Crippen LogP contribution in [-0.4, -0.2) is 70.6 Å². The molecule has 1 amide bonds. The van der Waals surface area contributed by atoms with Gasteiger partial charge in [0.15, 0.2) is 5.65 Å². The van der Waals surface area contributed by atoms with E-state index in [4.69, 9.17) is 10.5 Å². The molecule has 2 aromatic rings. The molecule has 1 fully saturated rings. The molecular formula is C16H24N6O2. The van der Waals surface area contributed by atoms with Crippen LogP contribution >= 0.6 is 0 Å². The lowest BCUT2D eigenvalue weighted by molar-refractivity contribution is -0.121. The van der Waals surface area contributed by atoms with Gasteiger partial charge in [0.05, 0.1) is 24.5 Å². The minimum Gasteiger partial charge on any atom is -0.369 e. The predicted molar refractivity (Wildman–Crippen MR) is 89.4 cm³/mol. The van der Waals surface area contributed by atoms with Gasteiger partial charge < -0.3 is 15.4 Å². The van der Waals surface area contributed by atoms with Gasteiger partial charge in [-0.15, -0.1) is 0 Å². The van der Waals surface area contributed by atoms with Gasteiger partial charge in [-0.1, -0.05) is 0 Å². The Kier molecular flexibility index (Phi) is 4.79. The number of nitrogens with zero attached hydrogens (tertiary/aromatic N) is 5. The van der Waals surface area contributed by atoms with Crippen LogP contribution in [0.2, 0.25) is 0 Å². The first-order valence-electron chi connectivity index (χ1n) is 8.05. The average Bonchev–Trinajstić information content (AvgIpc) is 2.86. The van der Waals surface area contributed by atoms with Gasteiger partial charge in [-0.25, -0.2) is 9.50 Å². The fraction of sp³-hybridized carbons (Fsp3) is 0.562. The molecule has 1 saturated heterocycles. The largest absolute Gasteiger partial charge is 0.369 e. The van der Waals surface area contributed by atoms with Crippen LogP contribution in [0.1, 0.15) is 23.1 Å². The number of aromatic nitrogens is 3. The van der Waals surface area contributed by atoms with Gasteiger partial charge >= 0.3 is 0 Å². The molecule has 0 saturated carbocycles. The number of carbonyl (C=O) groups excluding carboxylic acids is 1. The van der Waals surface area contributed by atoms with Gasteiger partial charge in [0.2, 0.25) is 5.91 Å². The van der Waals surface area contributed by atoms with Gasteiger partial charge in [0.25, 0.3) is 0 Å². The van der Waals surface area contributed by atoms with Crippen molar-refractivity contribution in [1.82, 2.24) is 24.4 Å². The Morgan fingerprint density at radius 1 is 1.50 bits per heavy atom. The van der Waals surface area contributed by atoms with Crippen molar-refractivity contribution < 1.29 is 9.53 Å². The third-order valence-electron chi connectivity index (χ3n) is 4.04. The Morgan fingerprint density at radius 2 is 2.29 bits per heavy atom. The molecule has 0 bridgehead atoms. The number of ether oxygens (including phenoxy) is 1. The van der Waals surface area contributed by atoms with E-state index in [1.807, 2.05) is 42.7 Å². The molecule has 8 nitrogen and oxygen atoms in total. The zero-order chi connectivity index (χ0) is 17.3. The molecule has 24 heavy (non-hydrogen) atoms. The lowest BCUT2D eigenvalue weighted by atomic mass is 10.1. The van der Waals surface area contributed by atoms with E-state index in [0.717, 1.165) is 29.1 Å². The molecular weight excluding hydrogens is 308 g/mol. The summed E-state index contributed by atoms with van der Waals surface area (Å²) in [5.41, 5.74) is 9.13. The van der Waals surface area contributed by atoms with Gasteiger partial charge in [-0.2, -0.15) is 5.10 Å². The molecule has 1 aliphatic heterocycles. The third kappa shape index (κ3) is 3.55. The SMILES string of the molecule is Cc1cc2ncc(CN(C)C)c([C@H]3CN(CC(N)=O)CCO3)n2n1. The fourth-order valence-electron chi connectivity index (χ4n) is 3.14. The first-order valence-corrected chi connectivity index (χ1v) is 8.05. The van der Waals surface area contributed by atoms with Gasteiger partial charge in [-0.3, -0.25) is 9.69 Å². The van der Waals surface area contributed by atoms with Gasteiger partial charge in [0.1, 0.15) is 6.10 Å². The molecule has 0 aliphatic carbocycles. The van der Waals surface area contributed by atoms with Crippen molar-refractivity contribution in [1.29, 1.82) is 0 Å². The number of nitrogens with two attached hydrogens (primary N) is 1. The van der Waals surface area contributed by atoms with E-state index in [1.165, 1.54) is 0 Å². The van der Waals surface area contributed by atoms with Crippen LogP contribution in [0.25, 0.3) is 5.65 Å². The summed E-state index contributed by atoms with van der Waals surface area (Å²) in [6.07, 6.45) is 1.72. The topological polar surface area (TPSA) is 89.0 Å². The van der Waals surface area contributed by atoms with Gasteiger partial charge in [-0.05, 0) is 21.0 Å². The highest BCUT2D eigenvalue weighted by atomic mass is 16.5. The number of amides is 1. The maximum absolute atomic E-state index is 11.2. The summed E-state index contributed by atoms with van der Waals surface area (Å²) in [6, 6.07) is 1.95. The van der Waals surface area contributed by atoms with Crippen molar-refractivity contribution >= 4 is 11.6 Å². The molecule has 0 unspecified atom stereocenters. The standard InChI is InChI=1S/C16H24N6O2/c1-11-6-15-18-7-12(8-20(2)3)16(22(15)19-11)13-9-21(4-5-24-13)10-14(17)23/h6-7,13H,4-5,8-10H2,1-3H3,(H2,17,23)/t13-/m1/s1. The molecule has 1 atom stereocenters. The second-order valence-electron chi connectivity index (χ2n) is 6.52. The van der Waals surface area contributed by atoms with E-state index in [2.05, 4.69) is 15.0 Å². The van der Waals surface area contributed by atoms with E-state index in [-0.39, 0.29) is 18.6 Å². The smallest absolute Gasteiger partial charge is 0.231 e. The fourth-order valence-corrected chi connectivity index (χ4v) is 3.14. The molecule has 0 aromatic carbocycles. The second-order valence-corrected chi connectivity index (χ2v) is 6.52. The maximum Gasteiger partial charge on any atom is 0.231 e. The van der Waals surface area contributed by atoms with E-state index < -0.39 is 0 Å². The van der Waals surface area contributed by atoms with Crippen molar-refractivity contribution in [3.63, 3.8) is 0 Å². The van der Waals surface area contributed by atoms with Crippen molar-refractivity contribution in [3.05, 3.63) is 29.2 Å². The first-order chi connectivity index (χ1) is 11.4. The molecule has 8 heteroatoms. The molecule has 3 rings (SSSR count). The van der Waals surface area contributed by atoms with Crippen LogP contribution in [0.5, 0.6) is 0 Å². The Bertz CT molecular complexity index is 741. The lowest BCUT2D eigenvalue weighted by Crippen LogP contribution is -2.43. The minimum absolute atomic E-state index is 0.169. The Balaban J connectivity index is 2.00. The molecule has 2 N–H and O–H groups in total. The number of carbonyl (C=O) groups is 1. The van der Waals surface area contributed by atoms with Crippen LogP contribution in [0, 0.1) is 6.92 Å². The average molecular weight is 332 g/mol. The molecule has 0 spiro atoms. The Hall–Kier alpha value is -2.03. The lowest BCUT2D eigenvalue weighted by Gasteiger charge is -2.33. The van der Waals surface area contributed by atoms with Crippen molar-refractivity contribution in [2.45, 2.75) is 19.6 Å². The number of hydrogen-bond donors (Lipinski definition) is 1. The highest BCUT2D eigenvalue weighted by Gasteiger charge is 2.28. The minimum atomic E-state index is -0.320. The summed E-state index contributed by atoms with van der Waals surface area (Å²) < 4.78 is 7.88. The zero-order valence-corrected chi connectivity index (χ0v) is 14.4. The highest BCUT2D eigenvalue weighted by Crippen LogP contribution is 2.26. The summed E-state index contributed by atoms with van der Waals surface area (Å²) in [5.74, 6) is -0.320. The van der Waals surface area contributed by atoms with Crippen molar-refractivity contribution in [3.8, 4) is 0 Å². The van der Waals surface area contributed by atoms with E-state index in [1.54, 1.807) is 0 Å². The molecule has 1 aliphatic rings. The second kappa shape index (κ2) is 6.84. The molecule has 2 aromatic heterocycles. The number of primary amides is 1. The Morgan fingerprint density at radius 3 is 3.00 bits per heavy atom. The van der Waals surface area contributed by atoms with Crippen LogP contribution in [0.4, 0.5) is 0 Å². The number of morpholine rings is 1. The highest BCUT2D eigenvalue weighted by molar-refractivity contribution is 5.75. The monoisotopic (exact) mass is 332 g/mol. The first kappa shape index (κ1) is 16.8. The third-order valence-corrected chi connectivity index (χ3v) is 4.04. The normalized spacial score (nSPS) is 19.2. The molecule has 130 valence electrons. The van der Waals surface area contributed by atoms with Crippen LogP contribution < -0.4 is 5.73 Å². The van der Waals surface area contributed by atoms with Crippen molar-refractivity contribution in [2.24, 2.45) is 5.73 Å². The number of fused-ring (bicyclic) bond motifs is 1. The van der Waals surface area contributed by atoms with Crippen LogP contribution in [0.15, 0.2) is 12.3 Å². The quantitative estimate of drug-likeness (QED) is 0.826. The summed E-state index contributed by atoms with van der Waals surface area (Å²) in [6.45, 7) is 4.81. The summed E-state index contributed by atoms with van der Waals surface area (Å²) in [7, 11) is 4.03. The number of aryl methyl sites for hydroxylation is 1. The van der Waals surface area contributed by atoms with E-state index in [0.29, 0.717) is 19.7 Å². The molecule has 3 heterocycles. The van der Waals surface area contributed by atoms with Crippen LogP contribution in [0.3, 0.4) is 0 Å². The van der Waals surface area contributed by atoms with E-state index in [9.17, 15) is 4.79 Å². The maximum atomic E-state index is 11.2. The van der Waals surface area contributed by atoms with Crippen LogP contribution in [-0.2, 0) is 16.1 Å². The van der Waals surface area contributed by atoms with Gasteiger partial charge in [0, 0.05) is 37.5 Å². The van der Waals surface area contributed by atoms with E-state index >= 15 is 0 Å². The number of hydrogen-bond acceptors (Lipinski definition) is 6. The molecule has 0 radical (unpaired) electrons. The Labute approximate surface area is 141 Å². The summed E-state index contributed by atoms with van der Waals surface area (Å²) in [4.78, 5) is 19.9. The summed E-state index contributed by atoms with van der Waals surface area (Å²) in [5, 5.41) is 4.59.